The van der Waals surface area contributed by atoms with E-state index in [2.05, 4.69) is 16.0 Å². The van der Waals surface area contributed by atoms with Crippen LogP contribution in [0.3, 0.4) is 0 Å². The van der Waals surface area contributed by atoms with Crippen LogP contribution in [0.4, 0.5) is 5.69 Å². The minimum Gasteiger partial charge on any atom is -0.493 e. The molecule has 4 heteroatoms. The zero-order valence-electron chi connectivity index (χ0n) is 10.3. The van der Waals surface area contributed by atoms with Crippen molar-refractivity contribution in [3.05, 3.63) is 42.0 Å². The SMILES string of the molecule is Nc1cccc2[nH]c(-c3ccc4c(c3)CCO4)nc12. The molecule has 3 N–H and O–H groups in total. The van der Waals surface area contributed by atoms with Crippen molar-refractivity contribution in [1.29, 1.82) is 0 Å². The number of nitrogen functional groups attached to an aromatic ring is 1. The number of benzene rings is 2. The maximum atomic E-state index is 5.94. The average Bonchev–Trinajstić information content (AvgIpc) is 3.04. The average molecular weight is 251 g/mol. The Morgan fingerprint density at radius 1 is 1.21 bits per heavy atom. The maximum Gasteiger partial charge on any atom is 0.138 e. The lowest BCUT2D eigenvalue weighted by molar-refractivity contribution is 0.357. The van der Waals surface area contributed by atoms with Gasteiger partial charge in [-0.25, -0.2) is 4.98 Å². The standard InChI is InChI=1S/C15H13N3O/c16-11-2-1-3-12-14(11)18-15(17-12)10-4-5-13-9(8-10)6-7-19-13/h1-5,8H,6-7,16H2,(H,17,18). The quantitative estimate of drug-likeness (QED) is 0.654. The Kier molecular flexibility index (Phi) is 2.06. The summed E-state index contributed by atoms with van der Waals surface area (Å²) in [6, 6.07) is 11.9. The van der Waals surface area contributed by atoms with Crippen LogP contribution in [-0.2, 0) is 6.42 Å². The first-order valence-corrected chi connectivity index (χ1v) is 6.31. The largest absolute Gasteiger partial charge is 0.493 e. The number of ether oxygens (including phenoxy) is 1. The predicted octanol–water partition coefficient (Wildman–Crippen LogP) is 2.75. The van der Waals surface area contributed by atoms with Crippen LogP contribution < -0.4 is 10.5 Å². The number of nitrogens with one attached hydrogen (secondary N) is 1. The molecule has 4 nitrogen and oxygen atoms in total. The number of para-hydroxylation sites is 1. The third kappa shape index (κ3) is 1.57. The van der Waals surface area contributed by atoms with Gasteiger partial charge in [-0.3, -0.25) is 0 Å². The highest BCUT2D eigenvalue weighted by Crippen LogP contribution is 2.30. The van der Waals surface area contributed by atoms with Crippen LogP contribution in [0.25, 0.3) is 22.4 Å². The van der Waals surface area contributed by atoms with E-state index in [1.54, 1.807) is 0 Å². The molecule has 1 aromatic heterocycles. The summed E-state index contributed by atoms with van der Waals surface area (Å²) < 4.78 is 5.52. The van der Waals surface area contributed by atoms with E-state index in [1.807, 2.05) is 30.3 Å². The van der Waals surface area contributed by atoms with E-state index < -0.39 is 0 Å². The number of aromatic amines is 1. The van der Waals surface area contributed by atoms with Crippen molar-refractivity contribution in [1.82, 2.24) is 9.97 Å². The molecule has 0 bridgehead atoms. The first-order chi connectivity index (χ1) is 9.31. The highest BCUT2D eigenvalue weighted by molar-refractivity contribution is 5.89. The van der Waals surface area contributed by atoms with Gasteiger partial charge in [0.1, 0.15) is 17.1 Å². The van der Waals surface area contributed by atoms with Gasteiger partial charge in [0.25, 0.3) is 0 Å². The Morgan fingerprint density at radius 3 is 3.05 bits per heavy atom. The summed E-state index contributed by atoms with van der Waals surface area (Å²) in [6.07, 6.45) is 0.964. The van der Waals surface area contributed by atoms with Gasteiger partial charge in [-0.1, -0.05) is 6.07 Å². The zero-order valence-corrected chi connectivity index (χ0v) is 10.3. The van der Waals surface area contributed by atoms with Gasteiger partial charge >= 0.3 is 0 Å². The lowest BCUT2D eigenvalue weighted by Crippen LogP contribution is -1.85. The summed E-state index contributed by atoms with van der Waals surface area (Å²) in [5.41, 5.74) is 10.7. The van der Waals surface area contributed by atoms with Gasteiger partial charge in [0.15, 0.2) is 0 Å². The van der Waals surface area contributed by atoms with Crippen LogP contribution in [0.1, 0.15) is 5.56 Å². The Hall–Kier alpha value is -2.49. The highest BCUT2D eigenvalue weighted by Gasteiger charge is 2.14. The van der Waals surface area contributed by atoms with Gasteiger partial charge in [0, 0.05) is 12.0 Å². The highest BCUT2D eigenvalue weighted by atomic mass is 16.5. The summed E-state index contributed by atoms with van der Waals surface area (Å²) in [7, 11) is 0. The van der Waals surface area contributed by atoms with E-state index in [-0.39, 0.29) is 0 Å². The molecule has 94 valence electrons. The fraction of sp³-hybridized carbons (Fsp3) is 0.133. The summed E-state index contributed by atoms with van der Waals surface area (Å²) in [5.74, 6) is 1.84. The Morgan fingerprint density at radius 2 is 2.16 bits per heavy atom. The van der Waals surface area contributed by atoms with Crippen molar-refractivity contribution in [2.45, 2.75) is 6.42 Å². The fourth-order valence-electron chi connectivity index (χ4n) is 2.52. The second-order valence-electron chi connectivity index (χ2n) is 4.75. The topological polar surface area (TPSA) is 63.9 Å². The molecule has 19 heavy (non-hydrogen) atoms. The number of H-pyrrole nitrogens is 1. The maximum absolute atomic E-state index is 5.94. The normalized spacial score (nSPS) is 13.5. The summed E-state index contributed by atoms with van der Waals surface area (Å²) in [6.45, 7) is 0.770. The minimum atomic E-state index is 0.699. The van der Waals surface area contributed by atoms with Crippen LogP contribution in [-0.4, -0.2) is 16.6 Å². The molecule has 0 atom stereocenters. The third-order valence-electron chi connectivity index (χ3n) is 3.51. The zero-order chi connectivity index (χ0) is 12.8. The van der Waals surface area contributed by atoms with Gasteiger partial charge in [-0.2, -0.15) is 0 Å². The summed E-state index contributed by atoms with van der Waals surface area (Å²) in [4.78, 5) is 7.90. The van der Waals surface area contributed by atoms with Crippen LogP contribution in [0.5, 0.6) is 5.75 Å². The number of anilines is 1. The molecule has 0 saturated heterocycles. The number of rotatable bonds is 1. The molecule has 0 fully saturated rings. The molecule has 0 unspecified atom stereocenters. The molecule has 0 amide bonds. The first kappa shape index (κ1) is 10.4. The van der Waals surface area contributed by atoms with Gasteiger partial charge < -0.3 is 15.5 Å². The monoisotopic (exact) mass is 251 g/mol. The van der Waals surface area contributed by atoms with Crippen LogP contribution in [0, 0.1) is 0 Å². The smallest absolute Gasteiger partial charge is 0.138 e. The van der Waals surface area contributed by atoms with Crippen molar-refractivity contribution in [2.24, 2.45) is 0 Å². The van der Waals surface area contributed by atoms with Crippen molar-refractivity contribution in [3.63, 3.8) is 0 Å². The Balaban J connectivity index is 1.88. The number of hydrogen-bond donors (Lipinski definition) is 2. The van der Waals surface area contributed by atoms with Gasteiger partial charge in [0.05, 0.1) is 17.8 Å². The van der Waals surface area contributed by atoms with Gasteiger partial charge in [-0.05, 0) is 35.9 Å². The van der Waals surface area contributed by atoms with Crippen LogP contribution >= 0.6 is 0 Å². The van der Waals surface area contributed by atoms with E-state index in [0.717, 1.165) is 41.2 Å². The predicted molar refractivity (Wildman–Crippen MR) is 75.1 cm³/mol. The second kappa shape index (κ2) is 3.75. The Bertz CT molecular complexity index is 776. The summed E-state index contributed by atoms with van der Waals surface area (Å²) in [5, 5.41) is 0. The van der Waals surface area contributed by atoms with E-state index in [0.29, 0.717) is 5.69 Å². The molecule has 3 aromatic rings. The molecule has 0 saturated carbocycles. The molecule has 1 aliphatic heterocycles. The van der Waals surface area contributed by atoms with Crippen LogP contribution in [0.15, 0.2) is 36.4 Å². The number of nitrogens with zero attached hydrogens (tertiary/aromatic N) is 1. The van der Waals surface area contributed by atoms with Crippen molar-refractivity contribution < 1.29 is 4.74 Å². The molecule has 2 aromatic carbocycles. The molecular formula is C15H13N3O. The van der Waals surface area contributed by atoms with Crippen molar-refractivity contribution in [3.8, 4) is 17.1 Å². The van der Waals surface area contributed by atoms with E-state index in [1.165, 1.54) is 5.56 Å². The van der Waals surface area contributed by atoms with E-state index >= 15 is 0 Å². The molecule has 1 aliphatic rings. The molecule has 0 aliphatic carbocycles. The van der Waals surface area contributed by atoms with Gasteiger partial charge in [-0.15, -0.1) is 0 Å². The van der Waals surface area contributed by atoms with E-state index in [9.17, 15) is 0 Å². The second-order valence-corrected chi connectivity index (χ2v) is 4.75. The molecule has 2 heterocycles. The van der Waals surface area contributed by atoms with Crippen molar-refractivity contribution >= 4 is 16.7 Å². The number of imidazole rings is 1. The lowest BCUT2D eigenvalue weighted by Gasteiger charge is -2.01. The fourth-order valence-corrected chi connectivity index (χ4v) is 2.52. The lowest BCUT2D eigenvalue weighted by atomic mass is 10.1. The number of hydrogen-bond acceptors (Lipinski definition) is 3. The third-order valence-corrected chi connectivity index (χ3v) is 3.51. The summed E-state index contributed by atoms with van der Waals surface area (Å²) >= 11 is 0. The number of fused-ring (bicyclic) bond motifs is 2. The van der Waals surface area contributed by atoms with Crippen LogP contribution in [0.2, 0.25) is 0 Å². The molecular weight excluding hydrogens is 238 g/mol. The minimum absolute atomic E-state index is 0.699. The molecule has 0 radical (unpaired) electrons. The van der Waals surface area contributed by atoms with Gasteiger partial charge in [0.2, 0.25) is 0 Å². The van der Waals surface area contributed by atoms with E-state index in [4.69, 9.17) is 10.5 Å². The number of nitrogens with two attached hydrogens (primary N) is 1. The number of aromatic nitrogens is 2. The Labute approximate surface area is 110 Å². The molecule has 0 spiro atoms. The first-order valence-electron chi connectivity index (χ1n) is 6.31. The van der Waals surface area contributed by atoms with Crippen molar-refractivity contribution in [2.75, 3.05) is 12.3 Å². The molecule has 4 rings (SSSR count).